The van der Waals surface area contributed by atoms with E-state index in [1.807, 2.05) is 6.07 Å². The Hall–Kier alpha value is -3.28. The van der Waals surface area contributed by atoms with Crippen molar-refractivity contribution in [2.75, 3.05) is 5.32 Å². The van der Waals surface area contributed by atoms with Crippen LogP contribution in [0.2, 0.25) is 0 Å². The highest BCUT2D eigenvalue weighted by molar-refractivity contribution is 6.02. The van der Waals surface area contributed by atoms with Crippen LogP contribution in [0.15, 0.2) is 59.3 Å². The molecule has 0 aliphatic carbocycles. The van der Waals surface area contributed by atoms with Crippen molar-refractivity contribution >= 4 is 11.6 Å². The van der Waals surface area contributed by atoms with Crippen LogP contribution in [0, 0.1) is 0 Å². The van der Waals surface area contributed by atoms with Crippen molar-refractivity contribution in [2.24, 2.45) is 0 Å². The minimum absolute atomic E-state index is 0.0735. The zero-order valence-electron chi connectivity index (χ0n) is 15.9. The summed E-state index contributed by atoms with van der Waals surface area (Å²) in [6.07, 6.45) is 7.04. The van der Waals surface area contributed by atoms with Crippen LogP contribution in [-0.4, -0.2) is 16.2 Å². The van der Waals surface area contributed by atoms with Gasteiger partial charge in [-0.1, -0.05) is 49.5 Å². The van der Waals surface area contributed by atoms with Crippen LogP contribution in [0.5, 0.6) is 17.2 Å². The number of hydrogen-bond donors (Lipinski definition) is 2. The molecule has 0 saturated carbocycles. The molecule has 28 heavy (non-hydrogen) atoms. The summed E-state index contributed by atoms with van der Waals surface area (Å²) in [5, 5.41) is 16.6. The number of para-hydroxylation sites is 2. The predicted molar refractivity (Wildman–Crippen MR) is 107 cm³/mol. The molecule has 146 valence electrons. The maximum absolute atomic E-state index is 12.2. The summed E-state index contributed by atoms with van der Waals surface area (Å²) in [5.74, 6) is 0.495. The first-order valence-corrected chi connectivity index (χ1v) is 9.48. The lowest BCUT2D eigenvalue weighted by Crippen LogP contribution is -2.11. The van der Waals surface area contributed by atoms with Crippen molar-refractivity contribution in [1.82, 2.24) is 5.16 Å². The molecule has 0 unspecified atom stereocenters. The molecule has 0 radical (unpaired) electrons. The first kappa shape index (κ1) is 19.5. The molecule has 2 aromatic carbocycles. The number of aromatic hydroxyl groups is 1. The Kier molecular flexibility index (Phi) is 6.68. The van der Waals surface area contributed by atoms with E-state index in [2.05, 4.69) is 17.4 Å². The molecule has 3 aromatic rings. The fourth-order valence-electron chi connectivity index (χ4n) is 2.85. The zero-order chi connectivity index (χ0) is 19.8. The molecular weight excluding hydrogens is 356 g/mol. The Morgan fingerprint density at radius 1 is 1.11 bits per heavy atom. The number of anilines is 1. The summed E-state index contributed by atoms with van der Waals surface area (Å²) < 4.78 is 10.7. The average Bonchev–Trinajstić information content (AvgIpc) is 3.24. The van der Waals surface area contributed by atoms with E-state index in [-0.39, 0.29) is 11.5 Å². The number of carbonyl (C=O) groups excluding carboxylic acids is 1. The number of aryl methyl sites for hydroxylation is 1. The third-order valence-electron chi connectivity index (χ3n) is 4.36. The van der Waals surface area contributed by atoms with Gasteiger partial charge >= 0.3 is 0 Å². The van der Waals surface area contributed by atoms with Crippen LogP contribution >= 0.6 is 0 Å². The van der Waals surface area contributed by atoms with Gasteiger partial charge in [0.05, 0.1) is 11.9 Å². The molecule has 1 amide bonds. The van der Waals surface area contributed by atoms with E-state index in [1.54, 1.807) is 36.4 Å². The summed E-state index contributed by atoms with van der Waals surface area (Å²) in [6.45, 7) is 2.18. The number of amides is 1. The van der Waals surface area contributed by atoms with Gasteiger partial charge in [-0.25, -0.2) is 0 Å². The van der Waals surface area contributed by atoms with Crippen molar-refractivity contribution in [1.29, 1.82) is 0 Å². The predicted octanol–water partition coefficient (Wildman–Crippen LogP) is 5.55. The fourth-order valence-corrected chi connectivity index (χ4v) is 2.85. The molecular formula is C22H24N2O4. The molecule has 0 fully saturated rings. The lowest BCUT2D eigenvalue weighted by molar-refractivity contribution is 0.0987. The Balaban J connectivity index is 1.69. The van der Waals surface area contributed by atoms with E-state index >= 15 is 0 Å². The minimum Gasteiger partial charge on any atom is -0.504 e. The quantitative estimate of drug-likeness (QED) is 0.476. The molecule has 3 rings (SSSR count). The Labute approximate surface area is 164 Å². The Morgan fingerprint density at radius 2 is 1.96 bits per heavy atom. The van der Waals surface area contributed by atoms with Gasteiger partial charge in [0, 0.05) is 6.07 Å². The van der Waals surface area contributed by atoms with Gasteiger partial charge in [-0.3, -0.25) is 4.79 Å². The summed E-state index contributed by atoms with van der Waals surface area (Å²) in [7, 11) is 0. The summed E-state index contributed by atoms with van der Waals surface area (Å²) >= 11 is 0. The number of phenols is 1. The van der Waals surface area contributed by atoms with Crippen molar-refractivity contribution in [3.63, 3.8) is 0 Å². The molecule has 0 aliphatic rings. The van der Waals surface area contributed by atoms with E-state index in [0.717, 1.165) is 18.4 Å². The van der Waals surface area contributed by atoms with Gasteiger partial charge in [0.1, 0.15) is 0 Å². The van der Waals surface area contributed by atoms with Crippen LogP contribution < -0.4 is 10.1 Å². The number of hydrogen-bond acceptors (Lipinski definition) is 5. The number of unbranched alkanes of at least 4 members (excludes halogenated alkanes) is 3. The van der Waals surface area contributed by atoms with Gasteiger partial charge in [-0.2, -0.15) is 0 Å². The number of rotatable bonds is 9. The monoisotopic (exact) mass is 380 g/mol. The van der Waals surface area contributed by atoms with Crippen LogP contribution in [0.3, 0.4) is 0 Å². The number of phenolic OH excluding ortho intramolecular Hbond substituents is 1. The number of benzene rings is 2. The third-order valence-corrected chi connectivity index (χ3v) is 4.36. The Bertz CT molecular complexity index is 907. The first-order valence-electron chi connectivity index (χ1n) is 9.48. The summed E-state index contributed by atoms with van der Waals surface area (Å²) in [5.41, 5.74) is 1.54. The van der Waals surface area contributed by atoms with Crippen molar-refractivity contribution in [3.05, 3.63) is 66.1 Å². The lowest BCUT2D eigenvalue weighted by atomic mass is 10.1. The van der Waals surface area contributed by atoms with E-state index < -0.39 is 5.91 Å². The van der Waals surface area contributed by atoms with Gasteiger partial charge in [-0.15, -0.1) is 0 Å². The van der Waals surface area contributed by atoms with Crippen LogP contribution in [0.25, 0.3) is 0 Å². The second-order valence-electron chi connectivity index (χ2n) is 6.54. The second kappa shape index (κ2) is 9.60. The number of aromatic nitrogens is 1. The standard InChI is InChI=1S/C22H24N2O4/c1-2-3-4-5-8-16-11-12-20(18(25)15-16)27-19-10-7-6-9-17(19)24-22(26)21-13-14-23-28-21/h6-7,9-15,25H,2-5,8H2,1H3,(H,24,26). The summed E-state index contributed by atoms with van der Waals surface area (Å²) in [6, 6.07) is 13.9. The van der Waals surface area contributed by atoms with E-state index in [0.29, 0.717) is 17.2 Å². The number of ether oxygens (including phenoxy) is 1. The highest BCUT2D eigenvalue weighted by Gasteiger charge is 2.14. The third kappa shape index (κ3) is 5.13. The van der Waals surface area contributed by atoms with Gasteiger partial charge in [-0.05, 0) is 42.7 Å². The van der Waals surface area contributed by atoms with Gasteiger partial charge in [0.15, 0.2) is 17.2 Å². The highest BCUT2D eigenvalue weighted by Crippen LogP contribution is 2.35. The average molecular weight is 380 g/mol. The topological polar surface area (TPSA) is 84.6 Å². The maximum atomic E-state index is 12.2. The van der Waals surface area contributed by atoms with E-state index in [9.17, 15) is 9.90 Å². The molecule has 0 spiro atoms. The van der Waals surface area contributed by atoms with E-state index in [4.69, 9.17) is 9.26 Å². The molecule has 6 nitrogen and oxygen atoms in total. The highest BCUT2D eigenvalue weighted by atomic mass is 16.5. The minimum atomic E-state index is -0.430. The van der Waals surface area contributed by atoms with Gasteiger partial charge in [0.2, 0.25) is 5.76 Å². The smallest absolute Gasteiger partial charge is 0.294 e. The second-order valence-corrected chi connectivity index (χ2v) is 6.54. The number of carbonyl (C=O) groups is 1. The molecule has 6 heteroatoms. The molecule has 0 atom stereocenters. The summed E-state index contributed by atoms with van der Waals surface area (Å²) in [4.78, 5) is 12.2. The molecule has 1 aromatic heterocycles. The van der Waals surface area contributed by atoms with Crippen molar-refractivity contribution in [3.8, 4) is 17.2 Å². The zero-order valence-corrected chi connectivity index (χ0v) is 15.9. The van der Waals surface area contributed by atoms with Gasteiger partial charge < -0.3 is 19.7 Å². The molecule has 0 aliphatic heterocycles. The SMILES string of the molecule is CCCCCCc1ccc(Oc2ccccc2NC(=O)c2ccno2)c(O)c1. The van der Waals surface area contributed by atoms with Crippen LogP contribution in [0.1, 0.15) is 48.7 Å². The van der Waals surface area contributed by atoms with Crippen LogP contribution in [0.4, 0.5) is 5.69 Å². The van der Waals surface area contributed by atoms with Gasteiger partial charge in [0.25, 0.3) is 5.91 Å². The fraction of sp³-hybridized carbons (Fsp3) is 0.273. The van der Waals surface area contributed by atoms with Crippen molar-refractivity contribution in [2.45, 2.75) is 39.0 Å². The largest absolute Gasteiger partial charge is 0.504 e. The Morgan fingerprint density at radius 3 is 2.71 bits per heavy atom. The maximum Gasteiger partial charge on any atom is 0.294 e. The van der Waals surface area contributed by atoms with Crippen LogP contribution in [-0.2, 0) is 6.42 Å². The molecule has 0 bridgehead atoms. The van der Waals surface area contributed by atoms with Crippen molar-refractivity contribution < 1.29 is 19.2 Å². The molecule has 2 N–H and O–H groups in total. The molecule has 0 saturated heterocycles. The first-order chi connectivity index (χ1) is 13.7. The lowest BCUT2D eigenvalue weighted by Gasteiger charge is -2.13. The van der Waals surface area contributed by atoms with E-state index in [1.165, 1.54) is 31.5 Å². The molecule has 1 heterocycles. The number of nitrogens with zero attached hydrogens (tertiary/aromatic N) is 1. The normalized spacial score (nSPS) is 10.6. The number of nitrogens with one attached hydrogen (secondary N) is 1.